The minimum atomic E-state index is 0.0215. The van der Waals surface area contributed by atoms with E-state index in [1.807, 2.05) is 12.1 Å². The van der Waals surface area contributed by atoms with Crippen LogP contribution in [0.3, 0.4) is 0 Å². The van der Waals surface area contributed by atoms with Gasteiger partial charge in [0.25, 0.3) is 0 Å². The number of amides is 1. The Labute approximate surface area is 201 Å². The van der Waals surface area contributed by atoms with E-state index in [2.05, 4.69) is 39.4 Å². The van der Waals surface area contributed by atoms with Crippen molar-refractivity contribution in [3.8, 4) is 0 Å². The summed E-state index contributed by atoms with van der Waals surface area (Å²) in [5, 5.41) is 4.49. The summed E-state index contributed by atoms with van der Waals surface area (Å²) >= 11 is 12.3. The van der Waals surface area contributed by atoms with E-state index >= 15 is 0 Å². The molecule has 2 saturated heterocycles. The summed E-state index contributed by atoms with van der Waals surface area (Å²) in [5.41, 5.74) is 3.56. The second-order valence-electron chi connectivity index (χ2n) is 9.18. The van der Waals surface area contributed by atoms with Crippen LogP contribution >= 0.6 is 23.2 Å². The number of hydrogen-bond acceptors (Lipinski definition) is 3. The van der Waals surface area contributed by atoms with E-state index in [-0.39, 0.29) is 11.8 Å². The third-order valence-corrected chi connectivity index (χ3v) is 7.22. The van der Waals surface area contributed by atoms with Crippen LogP contribution < -0.4 is 5.32 Å². The summed E-state index contributed by atoms with van der Waals surface area (Å²) in [6.07, 6.45) is 5.95. The van der Waals surface area contributed by atoms with Crippen LogP contribution in [0.2, 0.25) is 10.0 Å². The predicted octanol–water partition coefficient (Wildman–Crippen LogP) is 5.51. The van der Waals surface area contributed by atoms with E-state index < -0.39 is 0 Å². The van der Waals surface area contributed by atoms with Crippen LogP contribution in [0.4, 0.5) is 0 Å². The Morgan fingerprint density at radius 2 is 1.59 bits per heavy atom. The average Bonchev–Trinajstić information content (AvgIpc) is 2.81. The molecule has 172 valence electrons. The normalized spacial score (nSPS) is 20.2. The third kappa shape index (κ3) is 6.71. The Kier molecular flexibility index (Phi) is 8.48. The van der Waals surface area contributed by atoms with Gasteiger partial charge in [-0.25, -0.2) is 0 Å². The van der Waals surface area contributed by atoms with Gasteiger partial charge in [-0.3, -0.25) is 14.6 Å². The van der Waals surface area contributed by atoms with Crippen molar-refractivity contribution in [1.29, 1.82) is 0 Å². The standard InChI is InChI=1S/C26H33Cl2N3O/c27-24-11-10-22(25(28)15-24)18-31-14-4-5-23(19-31)26(32)29-16-20-6-8-21(9-7-20)17-30-12-2-1-3-13-30/h6-11,15,23H,1-5,12-14,16-19H2,(H,29,32). The SMILES string of the molecule is O=C(NCc1ccc(CN2CCCCC2)cc1)C1CCCN(Cc2ccc(Cl)cc2Cl)C1. The van der Waals surface area contributed by atoms with E-state index in [1.54, 1.807) is 6.07 Å². The Hall–Kier alpha value is -1.59. The van der Waals surface area contributed by atoms with Crippen LogP contribution in [0.1, 0.15) is 48.8 Å². The van der Waals surface area contributed by atoms with Gasteiger partial charge in [0, 0.05) is 36.2 Å². The number of likely N-dealkylation sites (tertiary alicyclic amines) is 2. The quantitative estimate of drug-likeness (QED) is 0.575. The molecule has 2 aliphatic rings. The lowest BCUT2D eigenvalue weighted by molar-refractivity contribution is -0.126. The maximum atomic E-state index is 12.8. The molecule has 1 amide bonds. The first-order chi connectivity index (χ1) is 15.6. The van der Waals surface area contributed by atoms with Crippen LogP contribution in [-0.4, -0.2) is 41.9 Å². The Morgan fingerprint density at radius 3 is 2.34 bits per heavy atom. The van der Waals surface area contributed by atoms with Crippen LogP contribution in [0.15, 0.2) is 42.5 Å². The molecule has 1 atom stereocenters. The van der Waals surface area contributed by atoms with E-state index in [4.69, 9.17) is 23.2 Å². The van der Waals surface area contributed by atoms with E-state index in [0.29, 0.717) is 16.6 Å². The van der Waals surface area contributed by atoms with Crippen LogP contribution in [-0.2, 0) is 24.4 Å². The van der Waals surface area contributed by atoms with E-state index in [0.717, 1.165) is 50.1 Å². The summed E-state index contributed by atoms with van der Waals surface area (Å²) in [7, 11) is 0. The molecule has 4 nitrogen and oxygen atoms in total. The number of rotatable bonds is 7. The Balaban J connectivity index is 1.24. The van der Waals surface area contributed by atoms with Gasteiger partial charge in [-0.1, -0.05) is 60.0 Å². The fourth-order valence-electron chi connectivity index (χ4n) is 4.78. The summed E-state index contributed by atoms with van der Waals surface area (Å²) in [5.74, 6) is 0.169. The van der Waals surface area contributed by atoms with Crippen molar-refractivity contribution < 1.29 is 4.79 Å². The molecule has 0 radical (unpaired) electrons. The number of carbonyl (C=O) groups is 1. The molecule has 0 spiro atoms. The van der Waals surface area contributed by atoms with Gasteiger partial charge in [0.2, 0.25) is 5.91 Å². The Bertz CT molecular complexity index is 896. The number of hydrogen-bond donors (Lipinski definition) is 1. The van der Waals surface area contributed by atoms with Gasteiger partial charge in [0.15, 0.2) is 0 Å². The van der Waals surface area contributed by atoms with Crippen molar-refractivity contribution in [3.05, 3.63) is 69.2 Å². The Morgan fingerprint density at radius 1 is 0.875 bits per heavy atom. The molecular weight excluding hydrogens is 441 g/mol. The van der Waals surface area contributed by atoms with Gasteiger partial charge in [-0.2, -0.15) is 0 Å². The second kappa shape index (κ2) is 11.5. The number of nitrogens with one attached hydrogen (secondary N) is 1. The van der Waals surface area contributed by atoms with Crippen molar-refractivity contribution in [1.82, 2.24) is 15.1 Å². The fourth-order valence-corrected chi connectivity index (χ4v) is 5.24. The molecule has 1 N–H and O–H groups in total. The van der Waals surface area contributed by atoms with Crippen molar-refractivity contribution in [2.24, 2.45) is 5.92 Å². The first-order valence-electron chi connectivity index (χ1n) is 11.8. The van der Waals surface area contributed by atoms with Gasteiger partial charge < -0.3 is 5.32 Å². The summed E-state index contributed by atoms with van der Waals surface area (Å²) in [6, 6.07) is 14.3. The molecule has 1 unspecified atom stereocenters. The highest BCUT2D eigenvalue weighted by molar-refractivity contribution is 6.35. The molecule has 2 fully saturated rings. The van der Waals surface area contributed by atoms with Gasteiger partial charge in [0.1, 0.15) is 0 Å². The molecule has 0 aliphatic carbocycles. The summed E-state index contributed by atoms with van der Waals surface area (Å²) in [4.78, 5) is 17.7. The van der Waals surface area contributed by atoms with Crippen LogP contribution in [0.5, 0.6) is 0 Å². The highest BCUT2D eigenvalue weighted by atomic mass is 35.5. The van der Waals surface area contributed by atoms with Crippen molar-refractivity contribution in [3.63, 3.8) is 0 Å². The number of carbonyl (C=O) groups excluding carboxylic acids is 1. The smallest absolute Gasteiger partial charge is 0.224 e. The summed E-state index contributed by atoms with van der Waals surface area (Å²) < 4.78 is 0. The van der Waals surface area contributed by atoms with Crippen LogP contribution in [0.25, 0.3) is 0 Å². The second-order valence-corrected chi connectivity index (χ2v) is 10.0. The molecule has 2 aromatic rings. The predicted molar refractivity (Wildman–Crippen MR) is 132 cm³/mol. The van der Waals surface area contributed by atoms with Gasteiger partial charge >= 0.3 is 0 Å². The van der Waals surface area contributed by atoms with Gasteiger partial charge in [0.05, 0.1) is 5.92 Å². The topological polar surface area (TPSA) is 35.6 Å². The van der Waals surface area contributed by atoms with Crippen LogP contribution in [0, 0.1) is 5.92 Å². The zero-order valence-corrected chi connectivity index (χ0v) is 20.2. The zero-order chi connectivity index (χ0) is 22.3. The molecule has 2 aromatic carbocycles. The van der Waals surface area contributed by atoms with Crippen molar-refractivity contribution in [2.75, 3.05) is 26.2 Å². The molecular formula is C26H33Cl2N3O. The lowest BCUT2D eigenvalue weighted by Crippen LogP contribution is -2.42. The molecule has 32 heavy (non-hydrogen) atoms. The number of nitrogens with zero attached hydrogens (tertiary/aromatic N) is 2. The molecule has 0 aromatic heterocycles. The first kappa shape index (κ1) is 23.6. The molecule has 2 heterocycles. The third-order valence-electron chi connectivity index (χ3n) is 6.63. The maximum absolute atomic E-state index is 12.8. The zero-order valence-electron chi connectivity index (χ0n) is 18.7. The maximum Gasteiger partial charge on any atom is 0.224 e. The highest BCUT2D eigenvalue weighted by Gasteiger charge is 2.26. The average molecular weight is 474 g/mol. The van der Waals surface area contributed by atoms with Crippen molar-refractivity contribution in [2.45, 2.75) is 51.7 Å². The lowest BCUT2D eigenvalue weighted by Gasteiger charge is -2.32. The number of piperidine rings is 2. The molecule has 0 saturated carbocycles. The molecule has 2 aliphatic heterocycles. The lowest BCUT2D eigenvalue weighted by atomic mass is 9.96. The monoisotopic (exact) mass is 473 g/mol. The molecule has 0 bridgehead atoms. The minimum Gasteiger partial charge on any atom is -0.352 e. The van der Waals surface area contributed by atoms with Crippen molar-refractivity contribution >= 4 is 29.1 Å². The molecule has 6 heteroatoms. The van der Waals surface area contributed by atoms with E-state index in [9.17, 15) is 4.79 Å². The largest absolute Gasteiger partial charge is 0.352 e. The highest BCUT2D eigenvalue weighted by Crippen LogP contribution is 2.25. The fraction of sp³-hybridized carbons (Fsp3) is 0.500. The van der Waals surface area contributed by atoms with E-state index in [1.165, 1.54) is 37.9 Å². The number of halogens is 2. The minimum absolute atomic E-state index is 0.0215. The van der Waals surface area contributed by atoms with Gasteiger partial charge in [-0.05, 0) is 74.1 Å². The summed E-state index contributed by atoms with van der Waals surface area (Å²) in [6.45, 7) is 6.53. The molecule has 4 rings (SSSR count). The number of benzene rings is 2. The first-order valence-corrected chi connectivity index (χ1v) is 12.6. The van der Waals surface area contributed by atoms with Gasteiger partial charge in [-0.15, -0.1) is 0 Å².